The zero-order chi connectivity index (χ0) is 11.3. The van der Waals surface area contributed by atoms with Gasteiger partial charge in [-0.2, -0.15) is 0 Å². The quantitative estimate of drug-likeness (QED) is 0.504. The van der Waals surface area contributed by atoms with Gasteiger partial charge in [-0.15, -0.1) is 9.05 Å². The molecule has 0 N–H and O–H groups in total. The fourth-order valence-electron chi connectivity index (χ4n) is 0.463. The highest BCUT2D eigenvalue weighted by Gasteiger charge is 2.29. The van der Waals surface area contributed by atoms with Crippen LogP contribution < -0.4 is 0 Å². The van der Waals surface area contributed by atoms with E-state index in [2.05, 4.69) is 0 Å². The van der Waals surface area contributed by atoms with Gasteiger partial charge < -0.3 is 0 Å². The Hall–Kier alpha value is -0.0600. The summed E-state index contributed by atoms with van der Waals surface area (Å²) in [5, 5.41) is 0. The van der Waals surface area contributed by atoms with Gasteiger partial charge in [-0.1, -0.05) is 0 Å². The first kappa shape index (κ1) is 13.9. The predicted molar refractivity (Wildman–Crippen MR) is 56.1 cm³/mol. The van der Waals surface area contributed by atoms with Gasteiger partial charge in [0, 0.05) is 4.57 Å². The van der Waals surface area contributed by atoms with Gasteiger partial charge in [0.2, 0.25) is 0 Å². The first-order chi connectivity index (χ1) is 6.34. The van der Waals surface area contributed by atoms with E-state index in [1.165, 1.54) is 0 Å². The molecule has 0 saturated heterocycles. The molecule has 6 heteroatoms. The van der Waals surface area contributed by atoms with Crippen molar-refractivity contribution in [3.05, 3.63) is 0 Å². The molecule has 0 saturated carbocycles. The van der Waals surface area contributed by atoms with Crippen LogP contribution in [-0.4, -0.2) is 50.4 Å². The number of hydrogen-bond acceptors (Lipinski definition) is 5. The zero-order valence-corrected chi connectivity index (χ0v) is 10.6. The molecular weight excluding hydrogens is 203 g/mol. The summed E-state index contributed by atoms with van der Waals surface area (Å²) >= 11 is 0. The van der Waals surface area contributed by atoms with Gasteiger partial charge in [0.15, 0.2) is 12.5 Å². The fraction of sp³-hybridized carbons (Fsp3) is 1.00. The molecule has 0 bridgehead atoms. The van der Waals surface area contributed by atoms with E-state index in [1.807, 2.05) is 51.8 Å². The Bertz CT molecular complexity index is 169. The molecule has 84 valence electrons. The van der Waals surface area contributed by atoms with Crippen molar-refractivity contribution in [3.63, 3.8) is 0 Å². The predicted octanol–water partition coefficient (Wildman–Crippen LogP) is 1.49. The van der Waals surface area contributed by atoms with E-state index < -0.39 is 8.25 Å². The molecule has 0 aliphatic rings. The van der Waals surface area contributed by atoms with E-state index >= 15 is 0 Å². The molecule has 0 aromatic carbocycles. The summed E-state index contributed by atoms with van der Waals surface area (Å²) in [5.74, 6) is 0. The summed E-state index contributed by atoms with van der Waals surface area (Å²) in [6, 6.07) is 0. The lowest BCUT2D eigenvalue weighted by molar-refractivity contribution is 0.0299. The normalized spacial score (nSPS) is 17.3. The number of nitrogens with zero attached hydrogens (tertiary/aromatic N) is 2. The van der Waals surface area contributed by atoms with Gasteiger partial charge in [0.25, 0.3) is 0 Å². The molecule has 0 rings (SSSR count). The summed E-state index contributed by atoms with van der Waals surface area (Å²) in [7, 11) is 5.34. The van der Waals surface area contributed by atoms with Crippen LogP contribution in [0.3, 0.4) is 0 Å². The molecule has 2 atom stereocenters. The van der Waals surface area contributed by atoms with Crippen LogP contribution in [0.2, 0.25) is 0 Å². The minimum atomic E-state index is -2.06. The van der Waals surface area contributed by atoms with E-state index in [-0.39, 0.29) is 12.5 Å². The Morgan fingerprint density at radius 1 is 0.929 bits per heavy atom. The van der Waals surface area contributed by atoms with Crippen molar-refractivity contribution in [2.45, 2.75) is 26.3 Å². The second-order valence-electron chi connectivity index (χ2n) is 3.56. The molecule has 0 aromatic heterocycles. The molecule has 14 heavy (non-hydrogen) atoms. The van der Waals surface area contributed by atoms with Gasteiger partial charge in [0.1, 0.15) is 0 Å². The van der Waals surface area contributed by atoms with E-state index in [1.54, 1.807) is 0 Å². The minimum absolute atomic E-state index is 0.215. The van der Waals surface area contributed by atoms with E-state index in [0.717, 1.165) is 0 Å². The molecule has 5 nitrogen and oxygen atoms in total. The highest BCUT2D eigenvalue weighted by Crippen LogP contribution is 2.28. The summed E-state index contributed by atoms with van der Waals surface area (Å²) in [5.41, 5.74) is 0. The van der Waals surface area contributed by atoms with Crippen molar-refractivity contribution in [1.82, 2.24) is 9.80 Å². The topological polar surface area (TPSA) is 42.0 Å². The van der Waals surface area contributed by atoms with Crippen LogP contribution >= 0.6 is 8.25 Å². The molecule has 0 spiro atoms. The third-order valence-corrected chi connectivity index (χ3v) is 2.89. The molecule has 0 radical (unpaired) electrons. The monoisotopic (exact) mass is 223 g/mol. The third-order valence-electron chi connectivity index (χ3n) is 1.93. The lowest BCUT2D eigenvalue weighted by Crippen LogP contribution is -2.28. The average molecular weight is 223 g/mol. The van der Waals surface area contributed by atoms with E-state index in [9.17, 15) is 4.57 Å². The van der Waals surface area contributed by atoms with Gasteiger partial charge in [-0.3, -0.25) is 9.80 Å². The highest BCUT2D eigenvalue weighted by molar-refractivity contribution is 7.33. The second-order valence-corrected chi connectivity index (χ2v) is 4.43. The number of hydrogen-bond donors (Lipinski definition) is 0. The van der Waals surface area contributed by atoms with Crippen LogP contribution in [0.15, 0.2) is 0 Å². The van der Waals surface area contributed by atoms with Crippen molar-refractivity contribution >= 4 is 8.25 Å². The Balaban J connectivity index is 3.87. The van der Waals surface area contributed by atoms with Gasteiger partial charge in [0.05, 0.1) is 0 Å². The van der Waals surface area contributed by atoms with Crippen molar-refractivity contribution in [3.8, 4) is 0 Å². The van der Waals surface area contributed by atoms with Gasteiger partial charge in [-0.25, -0.2) is 0 Å². The Labute approximate surface area is 86.9 Å². The fourth-order valence-corrected chi connectivity index (χ4v) is 1.39. The maximum absolute atomic E-state index is 11.3. The minimum Gasteiger partial charge on any atom is -0.280 e. The Kier molecular flexibility index (Phi) is 6.40. The molecule has 0 fully saturated rings. The SMILES string of the molecule is CC(O[P+](=O)OC(C)N(C)C)N(C)C. The first-order valence-corrected chi connectivity index (χ1v) is 5.57. The van der Waals surface area contributed by atoms with Crippen molar-refractivity contribution in [1.29, 1.82) is 0 Å². The molecule has 0 aliphatic heterocycles. The van der Waals surface area contributed by atoms with Crippen LogP contribution in [0.4, 0.5) is 0 Å². The van der Waals surface area contributed by atoms with Crippen LogP contribution in [0.5, 0.6) is 0 Å². The van der Waals surface area contributed by atoms with Crippen LogP contribution in [0.1, 0.15) is 13.8 Å². The molecule has 0 aromatic rings. The third kappa shape index (κ3) is 5.62. The maximum atomic E-state index is 11.3. The molecule has 0 amide bonds. The highest BCUT2D eigenvalue weighted by atomic mass is 31.1. The first-order valence-electron chi connectivity index (χ1n) is 4.48. The Morgan fingerprint density at radius 3 is 1.43 bits per heavy atom. The van der Waals surface area contributed by atoms with Crippen LogP contribution in [0, 0.1) is 0 Å². The Morgan fingerprint density at radius 2 is 1.21 bits per heavy atom. The molecular formula is C8H20N2O3P+. The van der Waals surface area contributed by atoms with E-state index in [0.29, 0.717) is 0 Å². The summed E-state index contributed by atoms with van der Waals surface area (Å²) in [4.78, 5) is 3.63. The average Bonchev–Trinajstić information content (AvgIpc) is 2.03. The molecule has 0 aliphatic carbocycles. The van der Waals surface area contributed by atoms with Gasteiger partial charge in [-0.05, 0) is 42.0 Å². The van der Waals surface area contributed by atoms with Crippen molar-refractivity contribution in [2.75, 3.05) is 28.2 Å². The van der Waals surface area contributed by atoms with Crippen molar-refractivity contribution in [2.24, 2.45) is 0 Å². The van der Waals surface area contributed by atoms with Crippen molar-refractivity contribution < 1.29 is 13.6 Å². The lowest BCUT2D eigenvalue weighted by Gasteiger charge is -2.15. The summed E-state index contributed by atoms with van der Waals surface area (Å²) in [6.45, 7) is 3.63. The van der Waals surface area contributed by atoms with Crippen LogP contribution in [0.25, 0.3) is 0 Å². The van der Waals surface area contributed by atoms with Gasteiger partial charge >= 0.3 is 8.25 Å². The lowest BCUT2D eigenvalue weighted by atomic mass is 10.6. The maximum Gasteiger partial charge on any atom is 0.700 e. The zero-order valence-electron chi connectivity index (χ0n) is 9.72. The molecule has 2 unspecified atom stereocenters. The summed E-state index contributed by atoms with van der Waals surface area (Å²) < 4.78 is 21.6. The summed E-state index contributed by atoms with van der Waals surface area (Å²) in [6.07, 6.45) is -0.430. The number of rotatable bonds is 6. The van der Waals surface area contributed by atoms with Crippen LogP contribution in [-0.2, 0) is 13.6 Å². The smallest absolute Gasteiger partial charge is 0.280 e. The van der Waals surface area contributed by atoms with E-state index in [4.69, 9.17) is 9.05 Å². The molecule has 0 heterocycles. The second kappa shape index (κ2) is 6.43. The standard InChI is InChI=1S/C8H20N2O3P/c1-7(9(3)4)12-14(11)13-8(2)10(5)6/h7-8H,1-6H3/q+1. The largest absolute Gasteiger partial charge is 0.700 e.